The quantitative estimate of drug-likeness (QED) is 0.930. The Balaban J connectivity index is 1.58. The summed E-state index contributed by atoms with van der Waals surface area (Å²) in [7, 11) is 0. The van der Waals surface area contributed by atoms with Crippen LogP contribution in [0.1, 0.15) is 25.0 Å². The molecule has 0 spiro atoms. The summed E-state index contributed by atoms with van der Waals surface area (Å²) in [6.07, 6.45) is 5.83. The Morgan fingerprint density at radius 1 is 1.16 bits per heavy atom. The SMILES string of the molecule is c1nc(CNc2ccc(N3CCCCC3)nc2)cs1. The average molecular weight is 274 g/mol. The van der Waals surface area contributed by atoms with Crippen molar-refractivity contribution in [3.05, 3.63) is 34.9 Å². The van der Waals surface area contributed by atoms with Crippen LogP contribution in [0, 0.1) is 0 Å². The van der Waals surface area contributed by atoms with Crippen LogP contribution >= 0.6 is 11.3 Å². The van der Waals surface area contributed by atoms with Gasteiger partial charge < -0.3 is 10.2 Å². The number of rotatable bonds is 4. The minimum Gasteiger partial charge on any atom is -0.378 e. The van der Waals surface area contributed by atoms with E-state index >= 15 is 0 Å². The van der Waals surface area contributed by atoms with E-state index in [-0.39, 0.29) is 0 Å². The molecular weight excluding hydrogens is 256 g/mol. The second-order valence-electron chi connectivity index (χ2n) is 4.79. The van der Waals surface area contributed by atoms with Gasteiger partial charge >= 0.3 is 0 Å². The predicted molar refractivity (Wildman–Crippen MR) is 79.7 cm³/mol. The lowest BCUT2D eigenvalue weighted by atomic mass is 10.1. The van der Waals surface area contributed by atoms with Crippen molar-refractivity contribution in [3.8, 4) is 0 Å². The summed E-state index contributed by atoms with van der Waals surface area (Å²) in [5.74, 6) is 1.10. The van der Waals surface area contributed by atoms with Crippen molar-refractivity contribution < 1.29 is 0 Å². The van der Waals surface area contributed by atoms with E-state index < -0.39 is 0 Å². The smallest absolute Gasteiger partial charge is 0.128 e. The van der Waals surface area contributed by atoms with E-state index in [0.29, 0.717) is 0 Å². The van der Waals surface area contributed by atoms with Crippen molar-refractivity contribution in [3.63, 3.8) is 0 Å². The fourth-order valence-corrected chi connectivity index (χ4v) is 2.88. The van der Waals surface area contributed by atoms with Gasteiger partial charge in [0.25, 0.3) is 0 Å². The summed E-state index contributed by atoms with van der Waals surface area (Å²) in [4.78, 5) is 11.2. The summed E-state index contributed by atoms with van der Waals surface area (Å²) < 4.78 is 0. The van der Waals surface area contributed by atoms with Crippen LogP contribution in [0.5, 0.6) is 0 Å². The molecule has 0 unspecified atom stereocenters. The van der Waals surface area contributed by atoms with Crippen LogP contribution in [0.2, 0.25) is 0 Å². The third-order valence-electron chi connectivity index (χ3n) is 3.39. The molecule has 3 heterocycles. The normalized spacial score (nSPS) is 15.5. The van der Waals surface area contributed by atoms with Crippen LogP contribution in [0.4, 0.5) is 11.5 Å². The van der Waals surface area contributed by atoms with Gasteiger partial charge in [0, 0.05) is 18.5 Å². The zero-order valence-electron chi connectivity index (χ0n) is 10.9. The van der Waals surface area contributed by atoms with Gasteiger partial charge in [-0.1, -0.05) is 0 Å². The summed E-state index contributed by atoms with van der Waals surface area (Å²) in [5, 5.41) is 5.40. The summed E-state index contributed by atoms with van der Waals surface area (Å²) in [5.41, 5.74) is 3.98. The molecule has 0 radical (unpaired) electrons. The van der Waals surface area contributed by atoms with Gasteiger partial charge in [-0.05, 0) is 31.4 Å². The van der Waals surface area contributed by atoms with Gasteiger partial charge in [0.15, 0.2) is 0 Å². The van der Waals surface area contributed by atoms with Gasteiger partial charge in [-0.2, -0.15) is 0 Å². The molecule has 0 amide bonds. The maximum Gasteiger partial charge on any atom is 0.128 e. The summed E-state index contributed by atoms with van der Waals surface area (Å²) in [6, 6.07) is 4.21. The van der Waals surface area contributed by atoms with Crippen molar-refractivity contribution in [1.29, 1.82) is 0 Å². The molecular formula is C14H18N4S. The molecule has 0 bridgehead atoms. The second kappa shape index (κ2) is 6.02. The molecule has 0 aliphatic carbocycles. The number of anilines is 2. The van der Waals surface area contributed by atoms with Gasteiger partial charge in [-0.3, -0.25) is 0 Å². The molecule has 0 aromatic carbocycles. The second-order valence-corrected chi connectivity index (χ2v) is 5.50. The monoisotopic (exact) mass is 274 g/mol. The van der Waals surface area contributed by atoms with Crippen LogP contribution in [-0.4, -0.2) is 23.1 Å². The molecule has 19 heavy (non-hydrogen) atoms. The number of pyridine rings is 1. The molecule has 3 rings (SSSR count). The highest BCUT2D eigenvalue weighted by atomic mass is 32.1. The zero-order valence-corrected chi connectivity index (χ0v) is 11.7. The van der Waals surface area contributed by atoms with Gasteiger partial charge in [0.05, 0.1) is 29.6 Å². The van der Waals surface area contributed by atoms with Crippen molar-refractivity contribution in [2.75, 3.05) is 23.3 Å². The van der Waals surface area contributed by atoms with Gasteiger partial charge in [0.1, 0.15) is 5.82 Å². The Labute approximate surface area is 117 Å². The Kier molecular flexibility index (Phi) is 3.93. The Bertz CT molecular complexity index is 489. The number of nitrogens with one attached hydrogen (secondary N) is 1. The fourth-order valence-electron chi connectivity index (χ4n) is 2.32. The van der Waals surface area contributed by atoms with E-state index in [2.05, 4.69) is 37.7 Å². The summed E-state index contributed by atoms with van der Waals surface area (Å²) >= 11 is 1.62. The van der Waals surface area contributed by atoms with E-state index in [1.165, 1.54) is 19.3 Å². The minimum absolute atomic E-state index is 0.758. The molecule has 1 fully saturated rings. The molecule has 1 saturated heterocycles. The van der Waals surface area contributed by atoms with E-state index in [9.17, 15) is 0 Å². The van der Waals surface area contributed by atoms with Crippen molar-refractivity contribution in [2.24, 2.45) is 0 Å². The number of piperidine rings is 1. The van der Waals surface area contributed by atoms with E-state index in [0.717, 1.165) is 36.8 Å². The van der Waals surface area contributed by atoms with Crippen LogP contribution in [-0.2, 0) is 6.54 Å². The number of hydrogen-bond acceptors (Lipinski definition) is 5. The van der Waals surface area contributed by atoms with Crippen LogP contribution in [0.25, 0.3) is 0 Å². The highest BCUT2D eigenvalue weighted by Crippen LogP contribution is 2.19. The van der Waals surface area contributed by atoms with Crippen molar-refractivity contribution in [1.82, 2.24) is 9.97 Å². The lowest BCUT2D eigenvalue weighted by Gasteiger charge is -2.27. The molecule has 2 aromatic heterocycles. The maximum absolute atomic E-state index is 4.55. The lowest BCUT2D eigenvalue weighted by Crippen LogP contribution is -2.30. The maximum atomic E-state index is 4.55. The first-order valence-electron chi connectivity index (χ1n) is 6.74. The van der Waals surface area contributed by atoms with E-state index in [1.807, 2.05) is 11.7 Å². The topological polar surface area (TPSA) is 41.1 Å². The molecule has 100 valence electrons. The van der Waals surface area contributed by atoms with Gasteiger partial charge in [-0.15, -0.1) is 11.3 Å². The molecule has 0 saturated carbocycles. The Morgan fingerprint density at radius 3 is 2.74 bits per heavy atom. The van der Waals surface area contributed by atoms with E-state index in [1.54, 1.807) is 11.3 Å². The number of nitrogens with zero attached hydrogens (tertiary/aromatic N) is 3. The fraction of sp³-hybridized carbons (Fsp3) is 0.429. The third-order valence-corrected chi connectivity index (χ3v) is 4.02. The third kappa shape index (κ3) is 3.23. The Hall–Kier alpha value is -1.62. The lowest BCUT2D eigenvalue weighted by molar-refractivity contribution is 0.573. The Morgan fingerprint density at radius 2 is 2.05 bits per heavy atom. The van der Waals surface area contributed by atoms with Crippen LogP contribution in [0.3, 0.4) is 0 Å². The van der Waals surface area contributed by atoms with Crippen molar-refractivity contribution in [2.45, 2.75) is 25.8 Å². The molecule has 1 aliphatic rings. The molecule has 1 N–H and O–H groups in total. The number of aromatic nitrogens is 2. The van der Waals surface area contributed by atoms with Crippen LogP contribution < -0.4 is 10.2 Å². The zero-order chi connectivity index (χ0) is 12.9. The predicted octanol–water partition coefficient (Wildman–Crippen LogP) is 3.14. The summed E-state index contributed by atoms with van der Waals surface area (Å²) in [6.45, 7) is 3.03. The van der Waals surface area contributed by atoms with Gasteiger partial charge in [-0.25, -0.2) is 9.97 Å². The molecule has 4 nitrogen and oxygen atoms in total. The standard InChI is InChI=1S/C14H18N4S/c1-2-6-18(7-3-1)14-5-4-12(8-16-14)15-9-13-10-19-11-17-13/h4-5,8,10-11,15H,1-3,6-7,9H2. The van der Waals surface area contributed by atoms with E-state index in [4.69, 9.17) is 0 Å². The molecule has 5 heteroatoms. The minimum atomic E-state index is 0.758. The van der Waals surface area contributed by atoms with Gasteiger partial charge in [0.2, 0.25) is 0 Å². The molecule has 0 atom stereocenters. The first kappa shape index (κ1) is 12.4. The largest absolute Gasteiger partial charge is 0.378 e. The number of thiazole rings is 1. The first-order valence-corrected chi connectivity index (χ1v) is 7.68. The van der Waals surface area contributed by atoms with Crippen LogP contribution in [0.15, 0.2) is 29.2 Å². The molecule has 1 aliphatic heterocycles. The highest BCUT2D eigenvalue weighted by molar-refractivity contribution is 7.07. The average Bonchev–Trinajstić information content (AvgIpc) is 3.00. The highest BCUT2D eigenvalue weighted by Gasteiger charge is 2.11. The molecule has 2 aromatic rings. The van der Waals surface area contributed by atoms with Crippen molar-refractivity contribution >= 4 is 22.8 Å². The first-order chi connectivity index (χ1) is 9.42. The number of hydrogen-bond donors (Lipinski definition) is 1.